The second-order valence-electron chi connectivity index (χ2n) is 4.93. The van der Waals surface area contributed by atoms with Crippen LogP contribution < -0.4 is 10.6 Å². The lowest BCUT2D eigenvalue weighted by atomic mass is 10.2. The minimum Gasteiger partial charge on any atom is -0.320 e. The monoisotopic (exact) mass is 353 g/mol. The van der Waals surface area contributed by atoms with Gasteiger partial charge in [-0.05, 0) is 40.5 Å². The molecular formula is C13H13BrFN5O. The highest BCUT2D eigenvalue weighted by Crippen LogP contribution is 2.24. The van der Waals surface area contributed by atoms with Crippen LogP contribution in [0.15, 0.2) is 22.8 Å². The van der Waals surface area contributed by atoms with Crippen LogP contribution in [-0.2, 0) is 0 Å². The van der Waals surface area contributed by atoms with E-state index in [0.717, 1.165) is 18.7 Å². The molecule has 6 nitrogen and oxygen atoms in total. The van der Waals surface area contributed by atoms with Crippen molar-refractivity contribution >= 4 is 27.5 Å². The molecule has 8 heteroatoms. The summed E-state index contributed by atoms with van der Waals surface area (Å²) in [5.41, 5.74) is 1.39. The number of halogens is 2. The predicted octanol–water partition coefficient (Wildman–Crippen LogP) is 1.88. The fourth-order valence-corrected chi connectivity index (χ4v) is 2.44. The normalized spacial score (nSPS) is 14.8. The molecule has 0 saturated carbocycles. The Balaban J connectivity index is 1.76. The molecule has 0 spiro atoms. The van der Waals surface area contributed by atoms with E-state index in [0.29, 0.717) is 10.2 Å². The highest BCUT2D eigenvalue weighted by atomic mass is 79.9. The summed E-state index contributed by atoms with van der Waals surface area (Å²) in [4.78, 5) is 12.1. The van der Waals surface area contributed by atoms with Crippen LogP contribution in [0.25, 0.3) is 0 Å². The molecule has 2 aromatic rings. The minimum atomic E-state index is -0.430. The van der Waals surface area contributed by atoms with E-state index in [1.165, 1.54) is 6.07 Å². The van der Waals surface area contributed by atoms with E-state index in [2.05, 4.69) is 36.9 Å². The van der Waals surface area contributed by atoms with Gasteiger partial charge in [0.25, 0.3) is 5.91 Å². The van der Waals surface area contributed by atoms with E-state index in [1.54, 1.807) is 23.9 Å². The molecule has 1 aromatic carbocycles. The van der Waals surface area contributed by atoms with Crippen molar-refractivity contribution in [3.63, 3.8) is 0 Å². The summed E-state index contributed by atoms with van der Waals surface area (Å²) in [5, 5.41) is 13.6. The molecule has 1 aliphatic rings. The molecule has 0 radical (unpaired) electrons. The molecule has 1 aromatic heterocycles. The standard InChI is InChI=1S/C13H13BrFN5O/c1-7-2-9(14)10(15)3-11(7)17-13(21)12-6-20(19-18-12)8-4-16-5-8/h2-3,6,8,16H,4-5H2,1H3,(H,17,21). The van der Waals surface area contributed by atoms with Gasteiger partial charge in [-0.25, -0.2) is 9.07 Å². The molecule has 2 heterocycles. The van der Waals surface area contributed by atoms with E-state index in [-0.39, 0.29) is 11.7 Å². The second-order valence-corrected chi connectivity index (χ2v) is 5.79. The maximum Gasteiger partial charge on any atom is 0.277 e. The van der Waals surface area contributed by atoms with Crippen molar-refractivity contribution in [1.82, 2.24) is 20.3 Å². The average Bonchev–Trinajstić information content (AvgIpc) is 2.83. The van der Waals surface area contributed by atoms with E-state index in [1.807, 2.05) is 0 Å². The van der Waals surface area contributed by atoms with Gasteiger partial charge < -0.3 is 10.6 Å². The number of hydrogen-bond donors (Lipinski definition) is 2. The molecule has 1 amide bonds. The Morgan fingerprint density at radius 3 is 2.95 bits per heavy atom. The number of carbonyl (C=O) groups excluding carboxylic acids is 1. The minimum absolute atomic E-state index is 0.213. The lowest BCUT2D eigenvalue weighted by Gasteiger charge is -2.26. The zero-order valence-electron chi connectivity index (χ0n) is 11.2. The molecule has 21 heavy (non-hydrogen) atoms. The number of benzene rings is 1. The second kappa shape index (κ2) is 5.53. The maximum absolute atomic E-state index is 13.5. The van der Waals surface area contributed by atoms with Crippen molar-refractivity contribution in [3.8, 4) is 0 Å². The Labute approximate surface area is 128 Å². The Hall–Kier alpha value is -1.80. The molecule has 0 bridgehead atoms. The van der Waals surface area contributed by atoms with E-state index < -0.39 is 11.7 Å². The first-order chi connectivity index (χ1) is 10.0. The Kier molecular flexibility index (Phi) is 3.73. The smallest absolute Gasteiger partial charge is 0.277 e. The number of amides is 1. The Morgan fingerprint density at radius 1 is 1.52 bits per heavy atom. The Morgan fingerprint density at radius 2 is 2.29 bits per heavy atom. The van der Waals surface area contributed by atoms with Crippen LogP contribution in [0.5, 0.6) is 0 Å². The van der Waals surface area contributed by atoms with E-state index >= 15 is 0 Å². The molecule has 0 atom stereocenters. The van der Waals surface area contributed by atoms with E-state index in [9.17, 15) is 9.18 Å². The summed E-state index contributed by atoms with van der Waals surface area (Å²) in [6, 6.07) is 3.13. The third kappa shape index (κ3) is 2.81. The molecule has 1 saturated heterocycles. The van der Waals surface area contributed by atoms with Gasteiger partial charge in [-0.2, -0.15) is 0 Å². The molecule has 1 aliphatic heterocycles. The highest BCUT2D eigenvalue weighted by molar-refractivity contribution is 9.10. The van der Waals surface area contributed by atoms with Crippen LogP contribution in [-0.4, -0.2) is 34.0 Å². The number of hydrogen-bond acceptors (Lipinski definition) is 4. The number of aromatic nitrogens is 3. The van der Waals surface area contributed by atoms with Gasteiger partial charge in [-0.3, -0.25) is 4.79 Å². The number of carbonyl (C=O) groups is 1. The SMILES string of the molecule is Cc1cc(Br)c(F)cc1NC(=O)c1cn(C2CNC2)nn1. The molecule has 0 unspecified atom stereocenters. The third-order valence-electron chi connectivity index (χ3n) is 3.39. The van der Waals surface area contributed by atoms with Gasteiger partial charge in [0.05, 0.1) is 16.7 Å². The summed E-state index contributed by atoms with van der Waals surface area (Å²) in [6.45, 7) is 3.43. The maximum atomic E-state index is 13.5. The number of nitrogens with zero attached hydrogens (tertiary/aromatic N) is 3. The van der Waals surface area contributed by atoms with Crippen molar-refractivity contribution in [2.75, 3.05) is 18.4 Å². The molecule has 1 fully saturated rings. The number of aryl methyl sites for hydroxylation is 1. The first-order valence-corrected chi connectivity index (χ1v) is 7.23. The van der Waals surface area contributed by atoms with E-state index in [4.69, 9.17) is 0 Å². The number of anilines is 1. The summed E-state index contributed by atoms with van der Waals surface area (Å²) < 4.78 is 15.6. The van der Waals surface area contributed by atoms with Crippen molar-refractivity contribution < 1.29 is 9.18 Å². The van der Waals surface area contributed by atoms with Crippen LogP contribution in [0.3, 0.4) is 0 Å². The first kappa shape index (κ1) is 14.2. The zero-order chi connectivity index (χ0) is 15.0. The summed E-state index contributed by atoms with van der Waals surface area (Å²) in [6.07, 6.45) is 1.60. The van der Waals surface area contributed by atoms with Gasteiger partial charge in [0.1, 0.15) is 5.82 Å². The average molecular weight is 354 g/mol. The third-order valence-corrected chi connectivity index (χ3v) is 4.00. The molecule has 2 N–H and O–H groups in total. The largest absolute Gasteiger partial charge is 0.320 e. The first-order valence-electron chi connectivity index (χ1n) is 6.44. The molecule has 110 valence electrons. The summed E-state index contributed by atoms with van der Waals surface area (Å²) in [7, 11) is 0. The lowest BCUT2D eigenvalue weighted by Crippen LogP contribution is -2.43. The summed E-state index contributed by atoms with van der Waals surface area (Å²) >= 11 is 3.11. The number of nitrogens with one attached hydrogen (secondary N) is 2. The fourth-order valence-electron chi connectivity index (χ4n) is 1.99. The van der Waals surface area contributed by atoms with Gasteiger partial charge >= 0.3 is 0 Å². The highest BCUT2D eigenvalue weighted by Gasteiger charge is 2.22. The van der Waals surface area contributed by atoms with Crippen LogP contribution in [0, 0.1) is 12.7 Å². The zero-order valence-corrected chi connectivity index (χ0v) is 12.8. The summed E-state index contributed by atoms with van der Waals surface area (Å²) in [5.74, 6) is -0.835. The van der Waals surface area contributed by atoms with Gasteiger partial charge in [0.2, 0.25) is 0 Å². The molecule has 0 aliphatic carbocycles. The number of rotatable bonds is 3. The van der Waals surface area contributed by atoms with Crippen LogP contribution in [0.4, 0.5) is 10.1 Å². The van der Waals surface area contributed by atoms with Gasteiger partial charge in [-0.15, -0.1) is 5.10 Å². The van der Waals surface area contributed by atoms with Gasteiger partial charge in [0.15, 0.2) is 5.69 Å². The van der Waals surface area contributed by atoms with Gasteiger partial charge in [-0.1, -0.05) is 5.21 Å². The van der Waals surface area contributed by atoms with Crippen LogP contribution in [0.1, 0.15) is 22.1 Å². The Bertz CT molecular complexity index is 698. The fraction of sp³-hybridized carbons (Fsp3) is 0.308. The molecule has 3 rings (SSSR count). The van der Waals surface area contributed by atoms with Gasteiger partial charge in [0, 0.05) is 18.8 Å². The molecular weight excluding hydrogens is 341 g/mol. The van der Waals surface area contributed by atoms with Crippen LogP contribution in [0.2, 0.25) is 0 Å². The lowest BCUT2D eigenvalue weighted by molar-refractivity contribution is 0.102. The predicted molar refractivity (Wildman–Crippen MR) is 78.7 cm³/mol. The van der Waals surface area contributed by atoms with Crippen molar-refractivity contribution in [2.24, 2.45) is 0 Å². The van der Waals surface area contributed by atoms with Crippen molar-refractivity contribution in [2.45, 2.75) is 13.0 Å². The van der Waals surface area contributed by atoms with Crippen molar-refractivity contribution in [3.05, 3.63) is 39.9 Å². The quantitative estimate of drug-likeness (QED) is 0.883. The topological polar surface area (TPSA) is 71.8 Å². The van der Waals surface area contributed by atoms with Crippen LogP contribution >= 0.6 is 15.9 Å². The van der Waals surface area contributed by atoms with Crippen molar-refractivity contribution in [1.29, 1.82) is 0 Å².